The summed E-state index contributed by atoms with van der Waals surface area (Å²) in [5.74, 6) is 0.439. The molecule has 1 saturated heterocycles. The molecule has 1 aliphatic heterocycles. The van der Waals surface area contributed by atoms with E-state index in [1.807, 2.05) is 0 Å². The number of carbonyl (C=O) groups is 3. The van der Waals surface area contributed by atoms with Crippen molar-refractivity contribution in [3.05, 3.63) is 54.0 Å². The van der Waals surface area contributed by atoms with Gasteiger partial charge in [0, 0.05) is 18.5 Å². The number of hydrogen-bond acceptors (Lipinski definition) is 6. The first kappa shape index (κ1) is 24.2. The number of furan rings is 1. The van der Waals surface area contributed by atoms with Crippen molar-refractivity contribution in [3.63, 3.8) is 0 Å². The summed E-state index contributed by atoms with van der Waals surface area (Å²) < 4.78 is 10.9. The van der Waals surface area contributed by atoms with Gasteiger partial charge in [-0.25, -0.2) is 0 Å². The number of likely N-dealkylation sites (tertiary alicyclic amines) is 1. The Balaban J connectivity index is 1.40. The molecule has 10 heteroatoms. The van der Waals surface area contributed by atoms with E-state index in [4.69, 9.17) is 21.4 Å². The fraction of sp³-hybridized carbons (Fsp3) is 0.391. The van der Waals surface area contributed by atoms with E-state index in [0.717, 1.165) is 6.42 Å². The predicted octanol–water partition coefficient (Wildman–Crippen LogP) is 2.39. The van der Waals surface area contributed by atoms with Gasteiger partial charge < -0.3 is 14.1 Å². The van der Waals surface area contributed by atoms with Crippen LogP contribution in [0.15, 0.2) is 47.1 Å². The Morgan fingerprint density at radius 2 is 1.97 bits per heavy atom. The van der Waals surface area contributed by atoms with Crippen molar-refractivity contribution < 1.29 is 23.5 Å². The van der Waals surface area contributed by atoms with Crippen LogP contribution in [0.3, 0.4) is 0 Å². The van der Waals surface area contributed by atoms with Crippen LogP contribution in [-0.2, 0) is 16.1 Å². The number of nitrogens with zero attached hydrogens (tertiary/aromatic N) is 1. The number of thiocarbonyl (C=S) groups is 1. The minimum atomic E-state index is -0.526. The van der Waals surface area contributed by atoms with Crippen molar-refractivity contribution in [2.45, 2.75) is 33.2 Å². The van der Waals surface area contributed by atoms with Crippen LogP contribution >= 0.6 is 12.2 Å². The highest BCUT2D eigenvalue weighted by Gasteiger charge is 2.34. The molecular formula is C23H28N4O5S. The minimum Gasteiger partial charge on any atom is -0.494 e. The maximum atomic E-state index is 12.4. The second-order valence-electron chi connectivity index (χ2n) is 8.21. The molecule has 2 heterocycles. The van der Waals surface area contributed by atoms with Crippen LogP contribution in [0.2, 0.25) is 0 Å². The Kier molecular flexibility index (Phi) is 8.42. The monoisotopic (exact) mass is 472 g/mol. The molecule has 0 saturated carbocycles. The average molecular weight is 473 g/mol. The second-order valence-corrected chi connectivity index (χ2v) is 8.62. The van der Waals surface area contributed by atoms with Gasteiger partial charge in [0.2, 0.25) is 11.8 Å². The molecule has 1 atom stereocenters. The summed E-state index contributed by atoms with van der Waals surface area (Å²) in [6.07, 6.45) is 2.58. The first-order valence-corrected chi connectivity index (χ1v) is 11.2. The van der Waals surface area contributed by atoms with E-state index in [-0.39, 0.29) is 29.9 Å². The SMILES string of the molecule is CC(C)CCOc1ccc(C(=O)NC(=S)NNC(=O)C2CC(=O)N(Cc3ccco3)C2)cc1. The number of ether oxygens (including phenoxy) is 1. The number of rotatable bonds is 8. The molecule has 1 unspecified atom stereocenters. The van der Waals surface area contributed by atoms with E-state index < -0.39 is 11.8 Å². The van der Waals surface area contributed by atoms with Crippen molar-refractivity contribution in [2.24, 2.45) is 11.8 Å². The Morgan fingerprint density at radius 1 is 1.21 bits per heavy atom. The van der Waals surface area contributed by atoms with Gasteiger partial charge in [0.05, 0.1) is 25.3 Å². The van der Waals surface area contributed by atoms with Crippen LogP contribution in [0.5, 0.6) is 5.75 Å². The molecule has 0 aliphatic carbocycles. The second kappa shape index (κ2) is 11.5. The molecule has 1 aromatic heterocycles. The summed E-state index contributed by atoms with van der Waals surface area (Å²) in [7, 11) is 0. The van der Waals surface area contributed by atoms with Crippen molar-refractivity contribution in [3.8, 4) is 5.75 Å². The highest BCUT2D eigenvalue weighted by atomic mass is 32.1. The van der Waals surface area contributed by atoms with Crippen LogP contribution in [0.25, 0.3) is 0 Å². The van der Waals surface area contributed by atoms with E-state index in [2.05, 4.69) is 30.0 Å². The fourth-order valence-corrected chi connectivity index (χ4v) is 3.38. The quantitative estimate of drug-likeness (QED) is 0.399. The molecule has 0 radical (unpaired) electrons. The molecule has 33 heavy (non-hydrogen) atoms. The molecule has 0 bridgehead atoms. The zero-order valence-corrected chi connectivity index (χ0v) is 19.4. The molecule has 3 N–H and O–H groups in total. The van der Waals surface area contributed by atoms with Gasteiger partial charge >= 0.3 is 0 Å². The lowest BCUT2D eigenvalue weighted by Crippen LogP contribution is -2.50. The third-order valence-corrected chi connectivity index (χ3v) is 5.32. The Labute approximate surface area is 197 Å². The van der Waals surface area contributed by atoms with Crippen LogP contribution < -0.4 is 20.9 Å². The van der Waals surface area contributed by atoms with Crippen LogP contribution in [0.1, 0.15) is 42.8 Å². The Morgan fingerprint density at radius 3 is 2.64 bits per heavy atom. The first-order chi connectivity index (χ1) is 15.8. The molecular weight excluding hydrogens is 444 g/mol. The van der Waals surface area contributed by atoms with Gasteiger partial charge in [-0.05, 0) is 61.0 Å². The van der Waals surface area contributed by atoms with E-state index in [9.17, 15) is 14.4 Å². The highest BCUT2D eigenvalue weighted by molar-refractivity contribution is 7.80. The zero-order chi connectivity index (χ0) is 23.8. The predicted molar refractivity (Wildman–Crippen MR) is 125 cm³/mol. The molecule has 176 valence electrons. The van der Waals surface area contributed by atoms with Crippen LogP contribution in [-0.4, -0.2) is 40.9 Å². The zero-order valence-electron chi connectivity index (χ0n) is 18.6. The number of hydrazine groups is 1. The van der Waals surface area contributed by atoms with Crippen molar-refractivity contribution >= 4 is 35.1 Å². The van der Waals surface area contributed by atoms with Gasteiger partial charge in [-0.15, -0.1) is 0 Å². The fourth-order valence-electron chi connectivity index (χ4n) is 3.23. The number of carbonyl (C=O) groups excluding carboxylic acids is 3. The van der Waals surface area contributed by atoms with E-state index in [1.165, 1.54) is 6.26 Å². The Hall–Kier alpha value is -3.40. The largest absolute Gasteiger partial charge is 0.494 e. The standard InChI is InChI=1S/C23H28N4O5S/c1-15(2)9-11-32-18-7-5-16(6-8-18)21(29)24-23(33)26-25-22(30)17-12-20(28)27(13-17)14-19-4-3-10-31-19/h3-8,10,15,17H,9,11-14H2,1-2H3,(H,25,30)(H2,24,26,29,33). The smallest absolute Gasteiger partial charge is 0.257 e. The maximum absolute atomic E-state index is 12.4. The summed E-state index contributed by atoms with van der Waals surface area (Å²) >= 11 is 5.08. The molecule has 1 aliphatic rings. The van der Waals surface area contributed by atoms with E-state index in [0.29, 0.717) is 36.1 Å². The van der Waals surface area contributed by atoms with Crippen molar-refractivity contribution in [2.75, 3.05) is 13.2 Å². The summed E-state index contributed by atoms with van der Waals surface area (Å²) in [6, 6.07) is 10.2. The third-order valence-electron chi connectivity index (χ3n) is 5.12. The van der Waals surface area contributed by atoms with Crippen molar-refractivity contribution in [1.82, 2.24) is 21.1 Å². The van der Waals surface area contributed by atoms with Gasteiger partial charge in [-0.2, -0.15) is 0 Å². The topological polar surface area (TPSA) is 113 Å². The third kappa shape index (κ3) is 7.31. The molecule has 9 nitrogen and oxygen atoms in total. The summed E-state index contributed by atoms with van der Waals surface area (Å²) in [6.45, 7) is 5.46. The average Bonchev–Trinajstić information content (AvgIpc) is 3.42. The van der Waals surface area contributed by atoms with Gasteiger partial charge in [0.15, 0.2) is 5.11 Å². The lowest BCUT2D eigenvalue weighted by molar-refractivity contribution is -0.129. The number of amides is 3. The number of nitrogens with one attached hydrogen (secondary N) is 3. The van der Waals surface area contributed by atoms with Gasteiger partial charge in [0.1, 0.15) is 11.5 Å². The van der Waals surface area contributed by atoms with E-state index in [1.54, 1.807) is 41.3 Å². The van der Waals surface area contributed by atoms with Crippen LogP contribution in [0, 0.1) is 11.8 Å². The molecule has 2 aromatic rings. The lowest BCUT2D eigenvalue weighted by Gasteiger charge is -2.16. The number of benzene rings is 1. The minimum absolute atomic E-state index is 0.0534. The normalized spacial score (nSPS) is 15.4. The first-order valence-electron chi connectivity index (χ1n) is 10.8. The summed E-state index contributed by atoms with van der Waals surface area (Å²) in [5, 5.41) is 2.45. The lowest BCUT2D eigenvalue weighted by atomic mass is 10.1. The molecule has 1 fully saturated rings. The molecule has 1 aromatic carbocycles. The summed E-state index contributed by atoms with van der Waals surface area (Å²) in [5.41, 5.74) is 5.37. The van der Waals surface area contributed by atoms with Gasteiger partial charge in [-0.1, -0.05) is 13.8 Å². The molecule has 3 amide bonds. The van der Waals surface area contributed by atoms with Gasteiger partial charge in [-0.3, -0.25) is 30.6 Å². The van der Waals surface area contributed by atoms with Crippen LogP contribution in [0.4, 0.5) is 0 Å². The Bertz CT molecular complexity index is 975. The number of hydrogen-bond donors (Lipinski definition) is 3. The maximum Gasteiger partial charge on any atom is 0.257 e. The van der Waals surface area contributed by atoms with E-state index >= 15 is 0 Å². The molecule has 3 rings (SSSR count). The van der Waals surface area contributed by atoms with Gasteiger partial charge in [0.25, 0.3) is 5.91 Å². The highest BCUT2D eigenvalue weighted by Crippen LogP contribution is 2.20. The van der Waals surface area contributed by atoms with Crippen molar-refractivity contribution in [1.29, 1.82) is 0 Å². The summed E-state index contributed by atoms with van der Waals surface area (Å²) in [4.78, 5) is 38.5. The molecule has 0 spiro atoms.